The Morgan fingerprint density at radius 1 is 1.38 bits per heavy atom. The Bertz CT molecular complexity index is 697. The smallest absolute Gasteiger partial charge is 0.259 e. The zero-order chi connectivity index (χ0) is 15.0. The number of hydrogen-bond donors (Lipinski definition) is 2. The van der Waals surface area contributed by atoms with Crippen molar-refractivity contribution >= 4 is 21.6 Å². The van der Waals surface area contributed by atoms with Crippen molar-refractivity contribution in [3.05, 3.63) is 26.6 Å². The number of hydrogen-bond acceptors (Lipinski definition) is 5. The number of rotatable bonds is 3. The molecule has 0 unspecified atom stereocenters. The van der Waals surface area contributed by atoms with E-state index in [2.05, 4.69) is 27.2 Å². The highest BCUT2D eigenvalue weighted by Gasteiger charge is 2.17. The van der Waals surface area contributed by atoms with Gasteiger partial charge in [-0.25, -0.2) is 4.98 Å². The van der Waals surface area contributed by atoms with Gasteiger partial charge in [0.05, 0.1) is 11.9 Å². The predicted octanol–water partition coefficient (Wildman–Crippen LogP) is 1.79. The lowest BCUT2D eigenvalue weighted by Crippen LogP contribution is -2.40. The molecule has 114 valence electrons. The van der Waals surface area contributed by atoms with E-state index < -0.39 is 0 Å². The van der Waals surface area contributed by atoms with Crippen molar-refractivity contribution in [1.29, 1.82) is 0 Å². The molecule has 2 aromatic rings. The third kappa shape index (κ3) is 3.02. The van der Waals surface area contributed by atoms with Crippen LogP contribution >= 0.6 is 11.3 Å². The largest absolute Gasteiger partial charge is 0.309 e. The number of likely N-dealkylation sites (tertiary alicyclic amines) is 1. The van der Waals surface area contributed by atoms with Gasteiger partial charge in [-0.1, -0.05) is 0 Å². The maximum Gasteiger partial charge on any atom is 0.259 e. The molecule has 0 aliphatic carbocycles. The summed E-state index contributed by atoms with van der Waals surface area (Å²) >= 11 is 1.60. The van der Waals surface area contributed by atoms with Crippen molar-refractivity contribution < 1.29 is 0 Å². The fraction of sp³-hybridized carbons (Fsp3) is 0.600. The summed E-state index contributed by atoms with van der Waals surface area (Å²) in [7, 11) is 2.16. The van der Waals surface area contributed by atoms with Crippen LogP contribution in [0.4, 0.5) is 0 Å². The molecule has 0 bridgehead atoms. The summed E-state index contributed by atoms with van der Waals surface area (Å²) < 4.78 is 0. The van der Waals surface area contributed by atoms with E-state index in [0.717, 1.165) is 47.5 Å². The monoisotopic (exact) mass is 306 g/mol. The predicted molar refractivity (Wildman–Crippen MR) is 87.1 cm³/mol. The van der Waals surface area contributed by atoms with Crippen molar-refractivity contribution in [2.24, 2.45) is 0 Å². The van der Waals surface area contributed by atoms with E-state index in [4.69, 9.17) is 0 Å². The zero-order valence-electron chi connectivity index (χ0n) is 12.8. The molecular formula is C15H22N4OS. The standard InChI is InChI=1S/C15H22N4OS/c1-9-10(2)21-15-13(9)14(20)17-12(18-15)8-16-11-4-6-19(3)7-5-11/h11,16H,4-8H2,1-3H3,(H,17,18,20). The maximum atomic E-state index is 12.2. The molecule has 2 aromatic heterocycles. The molecule has 0 atom stereocenters. The van der Waals surface area contributed by atoms with E-state index in [9.17, 15) is 4.79 Å². The molecule has 3 heterocycles. The third-order valence-corrected chi connectivity index (χ3v) is 5.47. The molecule has 6 heteroatoms. The number of H-pyrrole nitrogens is 1. The lowest BCUT2D eigenvalue weighted by molar-refractivity contribution is 0.233. The minimum atomic E-state index is -0.0120. The molecule has 2 N–H and O–H groups in total. The lowest BCUT2D eigenvalue weighted by atomic mass is 10.1. The van der Waals surface area contributed by atoms with Gasteiger partial charge < -0.3 is 15.2 Å². The molecular weight excluding hydrogens is 284 g/mol. The first-order valence-electron chi connectivity index (χ1n) is 7.45. The summed E-state index contributed by atoms with van der Waals surface area (Å²) in [5.74, 6) is 0.743. The minimum absolute atomic E-state index is 0.0120. The average Bonchev–Trinajstić information content (AvgIpc) is 2.74. The Hall–Kier alpha value is -1.24. The van der Waals surface area contributed by atoms with Crippen molar-refractivity contribution in [3.63, 3.8) is 0 Å². The molecule has 1 fully saturated rings. The summed E-state index contributed by atoms with van der Waals surface area (Å²) in [6, 6.07) is 0.522. The Balaban J connectivity index is 1.74. The van der Waals surface area contributed by atoms with Gasteiger partial charge in [0.15, 0.2) is 0 Å². The molecule has 5 nitrogen and oxygen atoms in total. The van der Waals surface area contributed by atoms with Gasteiger partial charge in [0, 0.05) is 10.9 Å². The maximum absolute atomic E-state index is 12.2. The summed E-state index contributed by atoms with van der Waals surface area (Å²) in [4.78, 5) is 24.1. The molecule has 1 aliphatic rings. The van der Waals surface area contributed by atoms with Crippen molar-refractivity contribution in [2.45, 2.75) is 39.3 Å². The number of aromatic amines is 1. The zero-order valence-corrected chi connectivity index (χ0v) is 13.6. The van der Waals surface area contributed by atoms with Crippen LogP contribution in [0.15, 0.2) is 4.79 Å². The molecule has 0 radical (unpaired) electrons. The summed E-state index contributed by atoms with van der Waals surface area (Å²) in [6.07, 6.45) is 2.31. The molecule has 21 heavy (non-hydrogen) atoms. The topological polar surface area (TPSA) is 61.0 Å². The van der Waals surface area contributed by atoms with E-state index in [0.29, 0.717) is 12.6 Å². The quantitative estimate of drug-likeness (QED) is 0.907. The van der Waals surface area contributed by atoms with Crippen LogP contribution in [-0.4, -0.2) is 41.0 Å². The Kier molecular flexibility index (Phi) is 4.10. The van der Waals surface area contributed by atoms with E-state index in [1.807, 2.05) is 13.8 Å². The summed E-state index contributed by atoms with van der Waals surface area (Å²) in [6.45, 7) is 6.92. The van der Waals surface area contributed by atoms with E-state index >= 15 is 0 Å². The van der Waals surface area contributed by atoms with Gasteiger partial charge in [-0.05, 0) is 52.4 Å². The molecule has 1 aliphatic heterocycles. The van der Waals surface area contributed by atoms with Crippen LogP contribution in [0.5, 0.6) is 0 Å². The normalized spacial score (nSPS) is 17.7. The Morgan fingerprint density at radius 3 is 2.81 bits per heavy atom. The molecule has 0 aromatic carbocycles. The fourth-order valence-electron chi connectivity index (χ4n) is 2.84. The lowest BCUT2D eigenvalue weighted by Gasteiger charge is -2.29. The molecule has 3 rings (SSSR count). The van der Waals surface area contributed by atoms with Gasteiger partial charge in [0.2, 0.25) is 0 Å². The highest BCUT2D eigenvalue weighted by Crippen LogP contribution is 2.25. The van der Waals surface area contributed by atoms with Crippen LogP contribution in [0.1, 0.15) is 29.1 Å². The molecule has 1 saturated heterocycles. The first-order valence-corrected chi connectivity index (χ1v) is 8.27. The molecule has 0 amide bonds. The van der Waals surface area contributed by atoms with Crippen molar-refractivity contribution in [1.82, 2.24) is 20.2 Å². The van der Waals surface area contributed by atoms with Crippen LogP contribution in [0.25, 0.3) is 10.2 Å². The van der Waals surface area contributed by atoms with Gasteiger partial charge in [-0.15, -0.1) is 11.3 Å². The first-order chi connectivity index (χ1) is 10.0. The van der Waals surface area contributed by atoms with Crippen LogP contribution in [-0.2, 0) is 6.54 Å². The van der Waals surface area contributed by atoms with Gasteiger partial charge in [-0.3, -0.25) is 4.79 Å². The van der Waals surface area contributed by atoms with Crippen LogP contribution < -0.4 is 10.9 Å². The SMILES string of the molecule is Cc1sc2nc(CNC3CCN(C)CC3)[nH]c(=O)c2c1C. The number of piperidine rings is 1. The van der Waals surface area contributed by atoms with Crippen LogP contribution in [0.2, 0.25) is 0 Å². The van der Waals surface area contributed by atoms with Crippen LogP contribution in [0, 0.1) is 13.8 Å². The first kappa shape index (κ1) is 14.7. The second-order valence-electron chi connectivity index (χ2n) is 5.93. The highest BCUT2D eigenvalue weighted by atomic mass is 32.1. The fourth-order valence-corrected chi connectivity index (χ4v) is 3.89. The molecule has 0 saturated carbocycles. The number of nitrogens with one attached hydrogen (secondary N) is 2. The number of thiophene rings is 1. The summed E-state index contributed by atoms with van der Waals surface area (Å²) in [5, 5.41) is 4.27. The van der Waals surface area contributed by atoms with E-state index in [1.54, 1.807) is 11.3 Å². The minimum Gasteiger partial charge on any atom is -0.309 e. The Labute approximate surface area is 128 Å². The number of aromatic nitrogens is 2. The van der Waals surface area contributed by atoms with Gasteiger partial charge in [0.25, 0.3) is 5.56 Å². The van der Waals surface area contributed by atoms with E-state index in [1.165, 1.54) is 4.88 Å². The highest BCUT2D eigenvalue weighted by molar-refractivity contribution is 7.18. The third-order valence-electron chi connectivity index (χ3n) is 4.36. The van der Waals surface area contributed by atoms with Gasteiger partial charge >= 0.3 is 0 Å². The second kappa shape index (κ2) is 5.87. The average molecular weight is 306 g/mol. The van der Waals surface area contributed by atoms with Crippen molar-refractivity contribution in [3.8, 4) is 0 Å². The van der Waals surface area contributed by atoms with Gasteiger partial charge in [0.1, 0.15) is 10.7 Å². The number of nitrogens with zero attached hydrogens (tertiary/aromatic N) is 2. The number of fused-ring (bicyclic) bond motifs is 1. The van der Waals surface area contributed by atoms with Crippen LogP contribution in [0.3, 0.4) is 0 Å². The van der Waals surface area contributed by atoms with Gasteiger partial charge in [-0.2, -0.15) is 0 Å². The molecule has 0 spiro atoms. The Morgan fingerprint density at radius 2 is 2.10 bits per heavy atom. The summed E-state index contributed by atoms with van der Waals surface area (Å²) in [5.41, 5.74) is 1.04. The van der Waals surface area contributed by atoms with E-state index in [-0.39, 0.29) is 5.56 Å². The van der Waals surface area contributed by atoms with Crippen molar-refractivity contribution in [2.75, 3.05) is 20.1 Å². The number of aryl methyl sites for hydroxylation is 2. The second-order valence-corrected chi connectivity index (χ2v) is 7.14.